The molecule has 0 spiro atoms. The van der Waals surface area contributed by atoms with Gasteiger partial charge in [0, 0.05) is 6.07 Å². The molecule has 0 radical (unpaired) electrons. The van der Waals surface area contributed by atoms with Gasteiger partial charge in [0.05, 0.1) is 16.7 Å². The second-order valence-corrected chi connectivity index (χ2v) is 7.42. The Bertz CT molecular complexity index is 584. The molecule has 112 valence electrons. The Morgan fingerprint density at radius 2 is 1.80 bits per heavy atom. The van der Waals surface area contributed by atoms with Crippen molar-refractivity contribution in [3.8, 4) is 5.75 Å². The Morgan fingerprint density at radius 1 is 1.15 bits per heavy atom. The normalized spacial score (nSPS) is 17.1. The summed E-state index contributed by atoms with van der Waals surface area (Å²) in [5.74, 6) is 0.922. The van der Waals surface area contributed by atoms with Crippen LogP contribution in [0.25, 0.3) is 0 Å². The van der Waals surface area contributed by atoms with Gasteiger partial charge in [0.25, 0.3) is 0 Å². The van der Waals surface area contributed by atoms with Gasteiger partial charge in [-0.15, -0.1) is 0 Å². The monoisotopic (exact) mass is 337 g/mol. The van der Waals surface area contributed by atoms with Crippen molar-refractivity contribution in [2.45, 2.75) is 37.0 Å². The van der Waals surface area contributed by atoms with E-state index in [-0.39, 0.29) is 14.9 Å². The van der Waals surface area contributed by atoms with Crippen molar-refractivity contribution in [1.82, 2.24) is 0 Å². The molecule has 0 saturated heterocycles. The molecular formula is C13H17Cl2NO3S. The van der Waals surface area contributed by atoms with E-state index in [1.165, 1.54) is 31.4 Å². The molecule has 0 aromatic heterocycles. The van der Waals surface area contributed by atoms with Gasteiger partial charge in [-0.2, -0.15) is 0 Å². The summed E-state index contributed by atoms with van der Waals surface area (Å²) in [5.41, 5.74) is 0. The quantitative estimate of drug-likeness (QED) is 0.912. The summed E-state index contributed by atoms with van der Waals surface area (Å²) < 4.78 is 28.3. The van der Waals surface area contributed by atoms with E-state index in [0.29, 0.717) is 18.3 Å². The molecule has 20 heavy (non-hydrogen) atoms. The lowest BCUT2D eigenvalue weighted by Gasteiger charge is -2.22. The van der Waals surface area contributed by atoms with Gasteiger partial charge in [-0.25, -0.2) is 13.6 Å². The van der Waals surface area contributed by atoms with Crippen LogP contribution in [0.3, 0.4) is 0 Å². The zero-order chi connectivity index (χ0) is 14.8. The van der Waals surface area contributed by atoms with Crippen LogP contribution in [-0.4, -0.2) is 15.0 Å². The van der Waals surface area contributed by atoms with Crippen molar-refractivity contribution in [3.63, 3.8) is 0 Å². The minimum Gasteiger partial charge on any atom is -0.492 e. The summed E-state index contributed by atoms with van der Waals surface area (Å²) in [6.45, 7) is 0.574. The standard InChI is InChI=1S/C13H17Cl2NO3S/c14-10-7-13(20(16,17)18)11(15)6-12(10)19-8-9-4-2-1-3-5-9/h6-7,9H,1-5,8H2,(H2,16,17,18). The highest BCUT2D eigenvalue weighted by molar-refractivity contribution is 7.89. The van der Waals surface area contributed by atoms with Gasteiger partial charge in [-0.1, -0.05) is 42.5 Å². The van der Waals surface area contributed by atoms with Gasteiger partial charge in [-0.05, 0) is 24.8 Å². The topological polar surface area (TPSA) is 69.4 Å². The molecule has 1 saturated carbocycles. The molecule has 2 rings (SSSR count). The van der Waals surface area contributed by atoms with E-state index in [9.17, 15) is 8.42 Å². The van der Waals surface area contributed by atoms with Crippen molar-refractivity contribution in [3.05, 3.63) is 22.2 Å². The molecule has 1 aromatic rings. The highest BCUT2D eigenvalue weighted by atomic mass is 35.5. The fourth-order valence-corrected chi connectivity index (χ4v) is 3.77. The highest BCUT2D eigenvalue weighted by Crippen LogP contribution is 2.34. The molecule has 4 nitrogen and oxygen atoms in total. The molecule has 2 N–H and O–H groups in total. The Hall–Kier alpha value is -0.490. The number of hydrogen-bond donors (Lipinski definition) is 1. The molecule has 1 aliphatic rings. The van der Waals surface area contributed by atoms with E-state index in [2.05, 4.69) is 0 Å². The van der Waals surface area contributed by atoms with Crippen LogP contribution in [-0.2, 0) is 10.0 Å². The second kappa shape index (κ2) is 6.52. The summed E-state index contributed by atoms with van der Waals surface area (Å²) in [6.07, 6.45) is 6.05. The average Bonchev–Trinajstić information content (AvgIpc) is 2.39. The number of hydrogen-bond acceptors (Lipinski definition) is 3. The Labute approximate surface area is 129 Å². The molecule has 0 bridgehead atoms. The highest BCUT2D eigenvalue weighted by Gasteiger charge is 2.18. The van der Waals surface area contributed by atoms with Crippen LogP contribution in [0.15, 0.2) is 17.0 Å². The molecule has 0 unspecified atom stereocenters. The molecule has 0 atom stereocenters. The van der Waals surface area contributed by atoms with Crippen molar-refractivity contribution in [2.24, 2.45) is 11.1 Å². The van der Waals surface area contributed by atoms with Gasteiger partial charge in [0.1, 0.15) is 10.6 Å². The smallest absolute Gasteiger partial charge is 0.239 e. The SMILES string of the molecule is NS(=O)(=O)c1cc(Cl)c(OCC2CCCCC2)cc1Cl. The molecular weight excluding hydrogens is 321 g/mol. The number of ether oxygens (including phenoxy) is 1. The van der Waals surface area contributed by atoms with Crippen molar-refractivity contribution in [1.29, 1.82) is 0 Å². The van der Waals surface area contributed by atoms with E-state index in [1.807, 2.05) is 0 Å². The number of benzene rings is 1. The van der Waals surface area contributed by atoms with Crippen molar-refractivity contribution < 1.29 is 13.2 Å². The fraction of sp³-hybridized carbons (Fsp3) is 0.538. The van der Waals surface area contributed by atoms with Crippen molar-refractivity contribution >= 4 is 33.2 Å². The summed E-state index contributed by atoms with van der Waals surface area (Å²) >= 11 is 11.9. The number of sulfonamides is 1. The zero-order valence-electron chi connectivity index (χ0n) is 10.9. The lowest BCUT2D eigenvalue weighted by atomic mass is 9.90. The Kier molecular flexibility index (Phi) is 5.18. The molecule has 0 aliphatic heterocycles. The first-order valence-electron chi connectivity index (χ1n) is 6.52. The van der Waals surface area contributed by atoms with E-state index in [1.54, 1.807) is 0 Å². The van der Waals surface area contributed by atoms with Crippen molar-refractivity contribution in [2.75, 3.05) is 6.61 Å². The van der Waals surface area contributed by atoms with Crippen LogP contribution in [0.1, 0.15) is 32.1 Å². The molecule has 7 heteroatoms. The molecule has 1 aliphatic carbocycles. The average molecular weight is 338 g/mol. The third-order valence-electron chi connectivity index (χ3n) is 3.49. The third-order valence-corrected chi connectivity index (χ3v) is 5.16. The van der Waals surface area contributed by atoms with Crippen LogP contribution < -0.4 is 9.88 Å². The maximum Gasteiger partial charge on any atom is 0.239 e. The van der Waals surface area contributed by atoms with Gasteiger partial charge in [0.2, 0.25) is 10.0 Å². The van der Waals surface area contributed by atoms with E-state index < -0.39 is 10.0 Å². The van der Waals surface area contributed by atoms with Gasteiger partial charge in [0.15, 0.2) is 0 Å². The molecule has 0 amide bonds. The second-order valence-electron chi connectivity index (χ2n) is 5.07. The predicted octanol–water partition coefficient (Wildman–Crippen LogP) is 3.60. The van der Waals surface area contributed by atoms with Crippen LogP contribution in [0, 0.1) is 5.92 Å². The fourth-order valence-electron chi connectivity index (χ4n) is 2.40. The first-order valence-corrected chi connectivity index (χ1v) is 8.83. The summed E-state index contributed by atoms with van der Waals surface area (Å²) in [7, 11) is -3.88. The molecule has 0 heterocycles. The first-order chi connectivity index (χ1) is 9.38. The number of primary sulfonamides is 1. The van der Waals surface area contributed by atoms with E-state index in [4.69, 9.17) is 33.1 Å². The van der Waals surface area contributed by atoms with Gasteiger partial charge >= 0.3 is 0 Å². The number of nitrogens with two attached hydrogens (primary N) is 1. The summed E-state index contributed by atoms with van der Waals surface area (Å²) in [6, 6.07) is 2.64. The summed E-state index contributed by atoms with van der Waals surface area (Å²) in [4.78, 5) is -0.186. The van der Waals surface area contributed by atoms with E-state index >= 15 is 0 Å². The van der Waals surface area contributed by atoms with Gasteiger partial charge < -0.3 is 4.74 Å². The lowest BCUT2D eigenvalue weighted by Crippen LogP contribution is -2.16. The maximum atomic E-state index is 11.3. The van der Waals surface area contributed by atoms with Crippen LogP contribution in [0.5, 0.6) is 5.75 Å². The van der Waals surface area contributed by atoms with Gasteiger partial charge in [-0.3, -0.25) is 0 Å². The predicted molar refractivity (Wildman–Crippen MR) is 79.9 cm³/mol. The van der Waals surface area contributed by atoms with Crippen LogP contribution in [0.4, 0.5) is 0 Å². The van der Waals surface area contributed by atoms with E-state index in [0.717, 1.165) is 12.8 Å². The Balaban J connectivity index is 2.11. The molecule has 1 fully saturated rings. The Morgan fingerprint density at radius 3 is 2.40 bits per heavy atom. The molecule has 1 aromatic carbocycles. The largest absolute Gasteiger partial charge is 0.492 e. The lowest BCUT2D eigenvalue weighted by molar-refractivity contribution is 0.209. The minimum absolute atomic E-state index is 0.0237. The summed E-state index contributed by atoms with van der Waals surface area (Å²) in [5, 5.41) is 5.28. The van der Waals surface area contributed by atoms with Crippen LogP contribution >= 0.6 is 23.2 Å². The number of rotatable bonds is 4. The maximum absolute atomic E-state index is 11.3. The first kappa shape index (κ1) is 15.9. The minimum atomic E-state index is -3.88. The number of halogens is 2. The van der Waals surface area contributed by atoms with Crippen LogP contribution in [0.2, 0.25) is 10.0 Å². The third kappa shape index (κ3) is 4.01. The zero-order valence-corrected chi connectivity index (χ0v) is 13.3.